The molecule has 5 heteroatoms. The van der Waals surface area contributed by atoms with E-state index in [-0.39, 0.29) is 10.9 Å². The number of hydrogen-bond acceptors (Lipinski definition) is 2. The largest absolute Gasteiger partial charge is 0.392 e. The molecule has 1 saturated carbocycles. The van der Waals surface area contributed by atoms with E-state index in [2.05, 4.69) is 5.32 Å². The Labute approximate surface area is 110 Å². The fourth-order valence-corrected chi connectivity index (χ4v) is 2.17. The van der Waals surface area contributed by atoms with Gasteiger partial charge in [0.05, 0.1) is 10.4 Å². The zero-order valence-electron chi connectivity index (χ0n) is 9.42. The number of amides is 1. The normalized spacial score (nSPS) is 16.4. The fraction of sp³-hybridized carbons (Fsp3) is 0.333. The Bertz CT molecular complexity index is 497. The van der Waals surface area contributed by atoms with E-state index in [4.69, 9.17) is 29.6 Å². The first-order chi connectivity index (χ1) is 7.97. The number of rotatable bonds is 3. The Balaban J connectivity index is 2.20. The number of carbonyl (C=O) groups excluding carboxylic acids is 1. The number of halogens is 1. The van der Waals surface area contributed by atoms with Crippen LogP contribution in [0.3, 0.4) is 0 Å². The molecule has 1 amide bonds. The molecule has 1 aromatic rings. The molecular weight excluding hydrogens is 256 g/mol. The van der Waals surface area contributed by atoms with E-state index in [1.165, 1.54) is 0 Å². The second-order valence-corrected chi connectivity index (χ2v) is 5.16. The molecule has 0 aliphatic heterocycles. The van der Waals surface area contributed by atoms with Gasteiger partial charge in [-0.05, 0) is 37.5 Å². The molecule has 0 unspecified atom stereocenters. The first-order valence-electron chi connectivity index (χ1n) is 5.34. The number of thiocarbonyl (C=S) groups is 1. The van der Waals surface area contributed by atoms with Gasteiger partial charge in [0.25, 0.3) is 0 Å². The van der Waals surface area contributed by atoms with Crippen LogP contribution in [0.2, 0.25) is 5.02 Å². The average Bonchev–Trinajstić information content (AvgIpc) is 3.05. The van der Waals surface area contributed by atoms with Gasteiger partial charge in [-0.3, -0.25) is 4.79 Å². The molecular formula is C12H13ClN2OS. The van der Waals surface area contributed by atoms with Gasteiger partial charge in [-0.25, -0.2) is 0 Å². The summed E-state index contributed by atoms with van der Waals surface area (Å²) in [5.74, 6) is -0.129. The maximum atomic E-state index is 12.1. The summed E-state index contributed by atoms with van der Waals surface area (Å²) in [6.07, 6.45) is 1.46. The van der Waals surface area contributed by atoms with Gasteiger partial charge in [0.1, 0.15) is 0 Å². The SMILES string of the molecule is Cc1c(Cl)cccc1NC(=O)C1(C(N)=S)CC1. The summed E-state index contributed by atoms with van der Waals surface area (Å²) in [6.45, 7) is 1.86. The van der Waals surface area contributed by atoms with Crippen molar-refractivity contribution in [2.75, 3.05) is 5.32 Å². The van der Waals surface area contributed by atoms with Crippen LogP contribution in [0, 0.1) is 12.3 Å². The Kier molecular flexibility index (Phi) is 3.10. The van der Waals surface area contributed by atoms with E-state index >= 15 is 0 Å². The Hall–Kier alpha value is -1.13. The van der Waals surface area contributed by atoms with Crippen LogP contribution in [-0.2, 0) is 4.79 Å². The van der Waals surface area contributed by atoms with Crippen molar-refractivity contribution < 1.29 is 4.79 Å². The minimum atomic E-state index is -0.635. The van der Waals surface area contributed by atoms with E-state index < -0.39 is 5.41 Å². The molecule has 0 radical (unpaired) electrons. The molecule has 2 rings (SSSR count). The molecule has 1 aliphatic carbocycles. The third-order valence-electron chi connectivity index (χ3n) is 3.17. The summed E-state index contributed by atoms with van der Waals surface area (Å²) < 4.78 is 0. The maximum absolute atomic E-state index is 12.1. The molecule has 1 aliphatic rings. The number of benzene rings is 1. The summed E-state index contributed by atoms with van der Waals surface area (Å²) in [5.41, 5.74) is 6.53. The van der Waals surface area contributed by atoms with Crippen LogP contribution in [0.4, 0.5) is 5.69 Å². The van der Waals surface area contributed by atoms with Gasteiger partial charge in [0.2, 0.25) is 5.91 Å². The predicted molar refractivity (Wildman–Crippen MR) is 73.3 cm³/mol. The molecule has 0 atom stereocenters. The van der Waals surface area contributed by atoms with Gasteiger partial charge in [-0.15, -0.1) is 0 Å². The number of nitrogens with two attached hydrogens (primary N) is 1. The number of carbonyl (C=O) groups is 1. The average molecular weight is 269 g/mol. The minimum Gasteiger partial charge on any atom is -0.392 e. The Morgan fingerprint density at radius 3 is 2.71 bits per heavy atom. The molecule has 0 saturated heterocycles. The molecule has 3 N–H and O–H groups in total. The molecule has 1 fully saturated rings. The minimum absolute atomic E-state index is 0.129. The van der Waals surface area contributed by atoms with Gasteiger partial charge < -0.3 is 11.1 Å². The van der Waals surface area contributed by atoms with Crippen molar-refractivity contribution in [1.29, 1.82) is 0 Å². The van der Waals surface area contributed by atoms with E-state index in [0.29, 0.717) is 10.7 Å². The van der Waals surface area contributed by atoms with Crippen LogP contribution in [0.25, 0.3) is 0 Å². The Morgan fingerprint density at radius 1 is 1.53 bits per heavy atom. The Morgan fingerprint density at radius 2 is 2.18 bits per heavy atom. The third-order valence-corrected chi connectivity index (χ3v) is 3.97. The first kappa shape index (κ1) is 12.3. The van der Waals surface area contributed by atoms with E-state index in [1.807, 2.05) is 13.0 Å². The van der Waals surface area contributed by atoms with Crippen molar-refractivity contribution >= 4 is 40.4 Å². The zero-order chi connectivity index (χ0) is 12.6. The third kappa shape index (κ3) is 2.15. The van der Waals surface area contributed by atoms with E-state index in [1.54, 1.807) is 12.1 Å². The van der Waals surface area contributed by atoms with Crippen LogP contribution in [0.15, 0.2) is 18.2 Å². The molecule has 0 aromatic heterocycles. The van der Waals surface area contributed by atoms with Crippen molar-refractivity contribution in [2.45, 2.75) is 19.8 Å². The fourth-order valence-electron chi connectivity index (χ4n) is 1.70. The highest BCUT2D eigenvalue weighted by atomic mass is 35.5. The monoisotopic (exact) mass is 268 g/mol. The summed E-state index contributed by atoms with van der Waals surface area (Å²) >= 11 is 10.9. The molecule has 3 nitrogen and oxygen atoms in total. The van der Waals surface area contributed by atoms with Crippen LogP contribution in [0.5, 0.6) is 0 Å². The van der Waals surface area contributed by atoms with Crippen LogP contribution in [0.1, 0.15) is 18.4 Å². The van der Waals surface area contributed by atoms with Gasteiger partial charge >= 0.3 is 0 Å². The second-order valence-electron chi connectivity index (χ2n) is 4.31. The topological polar surface area (TPSA) is 55.1 Å². The lowest BCUT2D eigenvalue weighted by Gasteiger charge is -2.15. The van der Waals surface area contributed by atoms with Crippen LogP contribution in [-0.4, -0.2) is 10.9 Å². The number of nitrogens with one attached hydrogen (secondary N) is 1. The van der Waals surface area contributed by atoms with Crippen molar-refractivity contribution in [3.63, 3.8) is 0 Å². The van der Waals surface area contributed by atoms with Crippen molar-refractivity contribution in [2.24, 2.45) is 11.1 Å². The number of anilines is 1. The summed E-state index contributed by atoms with van der Waals surface area (Å²) in [7, 11) is 0. The van der Waals surface area contributed by atoms with Gasteiger partial charge in [0, 0.05) is 10.7 Å². The van der Waals surface area contributed by atoms with E-state index in [0.717, 1.165) is 18.4 Å². The number of hydrogen-bond donors (Lipinski definition) is 2. The lowest BCUT2D eigenvalue weighted by atomic mass is 10.1. The predicted octanol–water partition coefficient (Wildman–Crippen LogP) is 2.65. The van der Waals surface area contributed by atoms with Gasteiger partial charge in [-0.1, -0.05) is 29.9 Å². The lowest BCUT2D eigenvalue weighted by Crippen LogP contribution is -2.35. The summed E-state index contributed by atoms with van der Waals surface area (Å²) in [4.78, 5) is 12.4. The standard InChI is InChI=1S/C12H13ClN2OS/c1-7-8(13)3-2-4-9(7)15-11(16)12(5-6-12)10(14)17/h2-4H,5-6H2,1H3,(H2,14,17)(H,15,16). The van der Waals surface area contributed by atoms with E-state index in [9.17, 15) is 4.79 Å². The van der Waals surface area contributed by atoms with Crippen molar-refractivity contribution in [3.05, 3.63) is 28.8 Å². The molecule has 90 valence electrons. The van der Waals surface area contributed by atoms with Gasteiger partial charge in [-0.2, -0.15) is 0 Å². The summed E-state index contributed by atoms with van der Waals surface area (Å²) in [5, 5.41) is 3.47. The molecule has 0 spiro atoms. The molecule has 0 bridgehead atoms. The van der Waals surface area contributed by atoms with Crippen molar-refractivity contribution in [1.82, 2.24) is 0 Å². The van der Waals surface area contributed by atoms with Crippen LogP contribution >= 0.6 is 23.8 Å². The smallest absolute Gasteiger partial charge is 0.237 e. The first-order valence-corrected chi connectivity index (χ1v) is 6.12. The lowest BCUT2D eigenvalue weighted by molar-refractivity contribution is -0.118. The highest BCUT2D eigenvalue weighted by Crippen LogP contribution is 2.47. The highest BCUT2D eigenvalue weighted by molar-refractivity contribution is 7.80. The zero-order valence-corrected chi connectivity index (χ0v) is 11.0. The molecule has 1 aromatic carbocycles. The molecule has 0 heterocycles. The van der Waals surface area contributed by atoms with Gasteiger partial charge in [0.15, 0.2) is 0 Å². The molecule has 17 heavy (non-hydrogen) atoms. The second kappa shape index (κ2) is 4.27. The summed E-state index contributed by atoms with van der Waals surface area (Å²) in [6, 6.07) is 5.40. The van der Waals surface area contributed by atoms with Crippen LogP contribution < -0.4 is 11.1 Å². The van der Waals surface area contributed by atoms with Crippen molar-refractivity contribution in [3.8, 4) is 0 Å². The maximum Gasteiger partial charge on any atom is 0.237 e. The quantitative estimate of drug-likeness (QED) is 0.829. The highest BCUT2D eigenvalue weighted by Gasteiger charge is 2.52.